The molecule has 0 bridgehead atoms. The standard InChI is InChI=1S/C16H23NO5/c1-10(2)7-12(16(19)20)17-15(18)9-11-5-6-13(21-3)14(8-11)22-4/h5-6,8,10,12H,7,9H2,1-4H3,(H,17,18)(H,19,20)/t12-/m1/s1. The SMILES string of the molecule is COc1ccc(CC(=O)N[C@H](CC(C)C)C(=O)O)cc1OC. The van der Waals surface area contributed by atoms with Crippen LogP contribution in [0.15, 0.2) is 18.2 Å². The van der Waals surface area contributed by atoms with Gasteiger partial charge in [0.25, 0.3) is 0 Å². The van der Waals surface area contributed by atoms with E-state index >= 15 is 0 Å². The Kier molecular flexibility index (Phi) is 6.69. The maximum Gasteiger partial charge on any atom is 0.326 e. The summed E-state index contributed by atoms with van der Waals surface area (Å²) in [6.07, 6.45) is 0.481. The summed E-state index contributed by atoms with van der Waals surface area (Å²) in [6, 6.07) is 4.30. The van der Waals surface area contributed by atoms with E-state index < -0.39 is 12.0 Å². The van der Waals surface area contributed by atoms with Gasteiger partial charge in [-0.15, -0.1) is 0 Å². The molecule has 22 heavy (non-hydrogen) atoms. The number of aliphatic carboxylic acids is 1. The molecule has 2 N–H and O–H groups in total. The monoisotopic (exact) mass is 309 g/mol. The molecule has 1 aromatic carbocycles. The largest absolute Gasteiger partial charge is 0.493 e. The van der Waals surface area contributed by atoms with Crippen molar-refractivity contribution in [1.82, 2.24) is 5.32 Å². The molecule has 0 saturated heterocycles. The van der Waals surface area contributed by atoms with Gasteiger partial charge in [-0.05, 0) is 30.0 Å². The first kappa shape index (κ1) is 17.8. The zero-order valence-corrected chi connectivity index (χ0v) is 13.4. The average Bonchev–Trinajstić information content (AvgIpc) is 2.45. The number of nitrogens with one attached hydrogen (secondary N) is 1. The van der Waals surface area contributed by atoms with Gasteiger partial charge in [-0.2, -0.15) is 0 Å². The van der Waals surface area contributed by atoms with Gasteiger partial charge in [-0.1, -0.05) is 19.9 Å². The number of carbonyl (C=O) groups excluding carboxylic acids is 1. The van der Waals surface area contributed by atoms with Crippen molar-refractivity contribution in [3.05, 3.63) is 23.8 Å². The first-order valence-electron chi connectivity index (χ1n) is 7.10. The lowest BCUT2D eigenvalue weighted by Crippen LogP contribution is -2.42. The van der Waals surface area contributed by atoms with Crippen LogP contribution in [-0.4, -0.2) is 37.2 Å². The van der Waals surface area contributed by atoms with Gasteiger partial charge in [0.05, 0.1) is 20.6 Å². The molecular weight excluding hydrogens is 286 g/mol. The highest BCUT2D eigenvalue weighted by atomic mass is 16.5. The van der Waals surface area contributed by atoms with Crippen molar-refractivity contribution in [2.24, 2.45) is 5.92 Å². The van der Waals surface area contributed by atoms with Crippen molar-refractivity contribution in [3.63, 3.8) is 0 Å². The number of methoxy groups -OCH3 is 2. The summed E-state index contributed by atoms with van der Waals surface area (Å²) in [6.45, 7) is 3.83. The summed E-state index contributed by atoms with van der Waals surface area (Å²) in [5.74, 6) is -0.0586. The fourth-order valence-corrected chi connectivity index (χ4v) is 2.11. The number of rotatable bonds is 8. The van der Waals surface area contributed by atoms with Gasteiger partial charge in [0.2, 0.25) is 5.91 Å². The zero-order chi connectivity index (χ0) is 16.7. The van der Waals surface area contributed by atoms with Crippen molar-refractivity contribution >= 4 is 11.9 Å². The number of carbonyl (C=O) groups is 2. The predicted octanol–water partition coefficient (Wildman–Crippen LogP) is 1.86. The lowest BCUT2D eigenvalue weighted by Gasteiger charge is -2.16. The lowest BCUT2D eigenvalue weighted by atomic mass is 10.0. The minimum Gasteiger partial charge on any atom is -0.493 e. The van der Waals surface area contributed by atoms with E-state index in [2.05, 4.69) is 5.32 Å². The highest BCUT2D eigenvalue weighted by Gasteiger charge is 2.21. The Balaban J connectivity index is 2.73. The number of ether oxygens (including phenoxy) is 2. The van der Waals surface area contributed by atoms with Crippen LogP contribution >= 0.6 is 0 Å². The van der Waals surface area contributed by atoms with Crippen LogP contribution in [0.1, 0.15) is 25.8 Å². The molecule has 0 aliphatic rings. The molecule has 1 amide bonds. The third kappa shape index (κ3) is 5.27. The summed E-state index contributed by atoms with van der Waals surface area (Å²) in [4.78, 5) is 23.2. The van der Waals surface area contributed by atoms with Crippen LogP contribution in [0, 0.1) is 5.92 Å². The molecule has 0 aromatic heterocycles. The molecule has 0 spiro atoms. The lowest BCUT2D eigenvalue weighted by molar-refractivity contribution is -0.142. The Morgan fingerprint density at radius 2 is 1.82 bits per heavy atom. The van der Waals surface area contributed by atoms with Crippen molar-refractivity contribution in [2.75, 3.05) is 14.2 Å². The number of benzene rings is 1. The molecule has 1 atom stereocenters. The van der Waals surface area contributed by atoms with E-state index in [1.807, 2.05) is 13.8 Å². The predicted molar refractivity (Wildman–Crippen MR) is 82.3 cm³/mol. The molecule has 122 valence electrons. The highest BCUT2D eigenvalue weighted by molar-refractivity contribution is 5.84. The Morgan fingerprint density at radius 3 is 2.32 bits per heavy atom. The molecule has 0 aliphatic carbocycles. The van der Waals surface area contributed by atoms with Gasteiger partial charge in [0.15, 0.2) is 11.5 Å². The van der Waals surface area contributed by atoms with Crippen LogP contribution in [0.4, 0.5) is 0 Å². The molecule has 0 radical (unpaired) electrons. The fraction of sp³-hybridized carbons (Fsp3) is 0.500. The van der Waals surface area contributed by atoms with Crippen molar-refractivity contribution in [2.45, 2.75) is 32.7 Å². The molecule has 1 aromatic rings. The number of carboxylic acids is 1. The van der Waals surface area contributed by atoms with Crippen molar-refractivity contribution in [1.29, 1.82) is 0 Å². The smallest absolute Gasteiger partial charge is 0.326 e. The Bertz CT molecular complexity index is 527. The van der Waals surface area contributed by atoms with Gasteiger partial charge in [-0.25, -0.2) is 4.79 Å². The van der Waals surface area contributed by atoms with Crippen LogP contribution in [0.5, 0.6) is 11.5 Å². The number of hydrogen-bond donors (Lipinski definition) is 2. The summed E-state index contributed by atoms with van der Waals surface area (Å²) >= 11 is 0. The van der Waals surface area contributed by atoms with Crippen LogP contribution < -0.4 is 14.8 Å². The molecule has 0 heterocycles. The summed E-state index contributed by atoms with van der Waals surface area (Å²) in [7, 11) is 3.05. The van der Waals surface area contributed by atoms with Gasteiger partial charge >= 0.3 is 5.97 Å². The van der Waals surface area contributed by atoms with Crippen LogP contribution in [0.3, 0.4) is 0 Å². The van der Waals surface area contributed by atoms with E-state index in [0.29, 0.717) is 17.9 Å². The second kappa shape index (κ2) is 8.26. The second-order valence-corrected chi connectivity index (χ2v) is 5.45. The average molecular weight is 309 g/mol. The van der Waals surface area contributed by atoms with E-state index in [0.717, 1.165) is 5.56 Å². The minimum absolute atomic E-state index is 0.0855. The van der Waals surface area contributed by atoms with Gasteiger partial charge in [0, 0.05) is 0 Å². The Labute approximate surface area is 130 Å². The molecule has 0 unspecified atom stereocenters. The van der Waals surface area contributed by atoms with E-state index in [1.54, 1.807) is 18.2 Å². The zero-order valence-electron chi connectivity index (χ0n) is 13.4. The molecular formula is C16H23NO5. The number of hydrogen-bond acceptors (Lipinski definition) is 4. The quantitative estimate of drug-likeness (QED) is 0.765. The van der Waals surface area contributed by atoms with E-state index in [4.69, 9.17) is 14.6 Å². The topological polar surface area (TPSA) is 84.9 Å². The van der Waals surface area contributed by atoms with E-state index in [-0.39, 0.29) is 18.2 Å². The summed E-state index contributed by atoms with van der Waals surface area (Å²) in [5, 5.41) is 11.7. The molecule has 6 nitrogen and oxygen atoms in total. The number of amides is 1. The summed E-state index contributed by atoms with van der Waals surface area (Å²) in [5.41, 5.74) is 0.726. The molecule has 1 rings (SSSR count). The van der Waals surface area contributed by atoms with Crippen LogP contribution in [0.2, 0.25) is 0 Å². The van der Waals surface area contributed by atoms with Gasteiger partial charge in [-0.3, -0.25) is 4.79 Å². The maximum atomic E-state index is 12.0. The minimum atomic E-state index is -1.02. The Morgan fingerprint density at radius 1 is 1.18 bits per heavy atom. The highest BCUT2D eigenvalue weighted by Crippen LogP contribution is 2.27. The van der Waals surface area contributed by atoms with E-state index in [1.165, 1.54) is 14.2 Å². The van der Waals surface area contributed by atoms with Crippen molar-refractivity contribution < 1.29 is 24.2 Å². The first-order chi connectivity index (χ1) is 10.4. The normalized spacial score (nSPS) is 11.9. The number of carboxylic acid groups (broad SMARTS) is 1. The molecule has 6 heteroatoms. The van der Waals surface area contributed by atoms with Crippen LogP contribution in [0.25, 0.3) is 0 Å². The third-order valence-corrected chi connectivity index (χ3v) is 3.15. The first-order valence-corrected chi connectivity index (χ1v) is 7.10. The van der Waals surface area contributed by atoms with E-state index in [9.17, 15) is 9.59 Å². The Hall–Kier alpha value is -2.24. The molecule has 0 aliphatic heterocycles. The van der Waals surface area contributed by atoms with Crippen LogP contribution in [-0.2, 0) is 16.0 Å². The van der Waals surface area contributed by atoms with Crippen molar-refractivity contribution in [3.8, 4) is 11.5 Å². The molecule has 0 saturated carbocycles. The van der Waals surface area contributed by atoms with Gasteiger partial charge in [0.1, 0.15) is 6.04 Å². The second-order valence-electron chi connectivity index (χ2n) is 5.45. The molecule has 0 fully saturated rings. The van der Waals surface area contributed by atoms with Gasteiger partial charge < -0.3 is 19.9 Å². The third-order valence-electron chi connectivity index (χ3n) is 3.15. The summed E-state index contributed by atoms with van der Waals surface area (Å²) < 4.78 is 10.3. The maximum absolute atomic E-state index is 12.0. The fourth-order valence-electron chi connectivity index (χ4n) is 2.11.